The van der Waals surface area contributed by atoms with E-state index in [1.54, 1.807) is 0 Å². The van der Waals surface area contributed by atoms with Gasteiger partial charge in [-0.05, 0) is 6.07 Å². The normalized spacial score (nSPS) is 9.88. The van der Waals surface area contributed by atoms with Gasteiger partial charge in [0.15, 0.2) is 0 Å². The average molecular weight is 246 g/mol. The Labute approximate surface area is 95.6 Å². The van der Waals surface area contributed by atoms with Gasteiger partial charge in [0.25, 0.3) is 5.69 Å². The molecule has 0 aromatic heterocycles. The quantitative estimate of drug-likeness (QED) is 0.646. The van der Waals surface area contributed by atoms with Crippen molar-refractivity contribution in [1.82, 2.24) is 0 Å². The van der Waals surface area contributed by atoms with Crippen LogP contribution in [0.25, 0.3) is 0 Å². The number of carbonyl (C=O) groups is 1. The molecule has 7 heteroatoms. The third-order valence-corrected chi connectivity index (χ3v) is 2.21. The molecule has 1 N–H and O–H groups in total. The number of nitro groups is 1. The molecule has 0 heterocycles. The lowest BCUT2D eigenvalue weighted by Crippen LogP contribution is -2.06. The number of hydrogen-bond donors (Lipinski definition) is 1. The summed E-state index contributed by atoms with van der Waals surface area (Å²) in [5.41, 5.74) is -0.351. The van der Waals surface area contributed by atoms with Gasteiger partial charge in [-0.15, -0.1) is 0 Å². The van der Waals surface area contributed by atoms with Crippen molar-refractivity contribution >= 4 is 23.3 Å². The summed E-state index contributed by atoms with van der Waals surface area (Å²) in [6.45, 7) is 0. The third kappa shape index (κ3) is 2.40. The Morgan fingerprint density at radius 3 is 2.69 bits per heavy atom. The first-order valence-electron chi connectivity index (χ1n) is 4.19. The summed E-state index contributed by atoms with van der Waals surface area (Å²) in [6.07, 6.45) is -0.514. The van der Waals surface area contributed by atoms with Crippen LogP contribution < -0.4 is 4.74 Å². The predicted molar refractivity (Wildman–Crippen MR) is 56.0 cm³/mol. The molecule has 0 bridgehead atoms. The van der Waals surface area contributed by atoms with E-state index >= 15 is 0 Å². The van der Waals surface area contributed by atoms with Crippen LogP contribution in [0.3, 0.4) is 0 Å². The Morgan fingerprint density at radius 2 is 2.25 bits per heavy atom. The Morgan fingerprint density at radius 1 is 1.62 bits per heavy atom. The minimum atomic E-state index is -1.19. The van der Waals surface area contributed by atoms with Crippen LogP contribution >= 0.6 is 11.6 Å². The highest BCUT2D eigenvalue weighted by Gasteiger charge is 2.22. The lowest BCUT2D eigenvalue weighted by molar-refractivity contribution is -0.385. The lowest BCUT2D eigenvalue weighted by atomic mass is 10.1. The largest absolute Gasteiger partial charge is 0.495 e. The highest BCUT2D eigenvalue weighted by Crippen LogP contribution is 2.35. The summed E-state index contributed by atoms with van der Waals surface area (Å²) < 4.78 is 4.87. The number of rotatable bonds is 4. The van der Waals surface area contributed by atoms with Gasteiger partial charge >= 0.3 is 5.97 Å². The molecule has 1 rings (SSSR count). The highest BCUT2D eigenvalue weighted by atomic mass is 35.5. The Bertz CT molecular complexity index is 446. The maximum Gasteiger partial charge on any atom is 0.308 e. The molecular weight excluding hydrogens is 238 g/mol. The number of nitrogens with zero attached hydrogens (tertiary/aromatic N) is 1. The summed E-state index contributed by atoms with van der Waals surface area (Å²) in [7, 11) is 1.27. The fourth-order valence-electron chi connectivity index (χ4n) is 1.30. The molecule has 6 nitrogen and oxygen atoms in total. The molecule has 1 aromatic rings. The highest BCUT2D eigenvalue weighted by molar-refractivity contribution is 6.32. The van der Waals surface area contributed by atoms with Gasteiger partial charge in [0, 0.05) is 6.07 Å². The van der Waals surface area contributed by atoms with Gasteiger partial charge in [0.05, 0.1) is 29.0 Å². The van der Waals surface area contributed by atoms with E-state index in [4.69, 9.17) is 21.4 Å². The van der Waals surface area contributed by atoms with Crippen molar-refractivity contribution < 1.29 is 19.6 Å². The number of methoxy groups -OCH3 is 1. The van der Waals surface area contributed by atoms with Crippen LogP contribution in [0.1, 0.15) is 5.56 Å². The van der Waals surface area contributed by atoms with Crippen molar-refractivity contribution in [3.63, 3.8) is 0 Å². The van der Waals surface area contributed by atoms with E-state index in [-0.39, 0.29) is 22.0 Å². The zero-order valence-corrected chi connectivity index (χ0v) is 9.02. The van der Waals surface area contributed by atoms with Crippen LogP contribution in [0, 0.1) is 10.1 Å². The second-order valence-corrected chi connectivity index (χ2v) is 3.31. The van der Waals surface area contributed by atoms with Gasteiger partial charge in [0.1, 0.15) is 5.75 Å². The van der Waals surface area contributed by atoms with Crippen LogP contribution in [-0.4, -0.2) is 23.1 Å². The number of hydrogen-bond acceptors (Lipinski definition) is 4. The number of carboxylic acids is 1. The van der Waals surface area contributed by atoms with Gasteiger partial charge < -0.3 is 9.84 Å². The smallest absolute Gasteiger partial charge is 0.308 e. The maximum atomic E-state index is 10.7. The zero-order chi connectivity index (χ0) is 12.3. The first-order chi connectivity index (χ1) is 7.47. The molecule has 0 aliphatic rings. The summed E-state index contributed by atoms with van der Waals surface area (Å²) in [4.78, 5) is 20.6. The number of aliphatic carboxylic acids is 1. The van der Waals surface area contributed by atoms with E-state index in [2.05, 4.69) is 0 Å². The van der Waals surface area contributed by atoms with E-state index in [1.807, 2.05) is 0 Å². The summed E-state index contributed by atoms with van der Waals surface area (Å²) >= 11 is 5.75. The van der Waals surface area contributed by atoms with Crippen LogP contribution in [-0.2, 0) is 11.2 Å². The molecule has 0 fully saturated rings. The van der Waals surface area contributed by atoms with Crippen LogP contribution in [0.4, 0.5) is 5.69 Å². The SMILES string of the molecule is COc1c(Cl)ccc([N+](=O)[O-])c1CC(=O)O. The Hall–Kier alpha value is -1.82. The topological polar surface area (TPSA) is 89.7 Å². The molecule has 0 atom stereocenters. The molecule has 0 unspecified atom stereocenters. The zero-order valence-electron chi connectivity index (χ0n) is 8.27. The maximum absolute atomic E-state index is 10.7. The van der Waals surface area contributed by atoms with E-state index in [0.717, 1.165) is 6.07 Å². The number of benzene rings is 1. The van der Waals surface area contributed by atoms with Crippen LogP contribution in [0.15, 0.2) is 12.1 Å². The number of carboxylic acid groups (broad SMARTS) is 1. The second kappa shape index (κ2) is 4.80. The molecule has 0 amide bonds. The molecule has 0 radical (unpaired) electrons. The second-order valence-electron chi connectivity index (χ2n) is 2.91. The fourth-order valence-corrected chi connectivity index (χ4v) is 1.56. The standard InChI is InChI=1S/C9H8ClNO5/c1-16-9-5(4-8(12)13)7(11(14)15)3-2-6(9)10/h2-3H,4H2,1H3,(H,12,13). The summed E-state index contributed by atoms with van der Waals surface area (Å²) in [5, 5.41) is 19.5. The van der Waals surface area contributed by atoms with Gasteiger partial charge in [-0.25, -0.2) is 0 Å². The molecule has 86 valence electrons. The molecule has 1 aromatic carbocycles. The molecule has 16 heavy (non-hydrogen) atoms. The van der Waals surface area contributed by atoms with Gasteiger partial charge in [-0.2, -0.15) is 0 Å². The molecule has 0 aliphatic carbocycles. The first kappa shape index (κ1) is 12.3. The molecule has 0 saturated carbocycles. The minimum Gasteiger partial charge on any atom is -0.495 e. The lowest BCUT2D eigenvalue weighted by Gasteiger charge is -2.08. The van der Waals surface area contributed by atoms with E-state index in [9.17, 15) is 14.9 Å². The average Bonchev–Trinajstić information content (AvgIpc) is 2.16. The predicted octanol–water partition coefficient (Wildman–Crippen LogP) is 1.88. The van der Waals surface area contributed by atoms with E-state index in [0.29, 0.717) is 0 Å². The summed E-state index contributed by atoms with van der Waals surface area (Å²) in [6, 6.07) is 2.45. The monoisotopic (exact) mass is 245 g/mol. The number of ether oxygens (including phenoxy) is 1. The van der Waals surface area contributed by atoms with Crippen molar-refractivity contribution in [2.24, 2.45) is 0 Å². The molecule has 0 aliphatic heterocycles. The van der Waals surface area contributed by atoms with Crippen molar-refractivity contribution in [2.75, 3.05) is 7.11 Å². The third-order valence-electron chi connectivity index (χ3n) is 1.92. The van der Waals surface area contributed by atoms with Crippen molar-refractivity contribution in [3.05, 3.63) is 32.8 Å². The fraction of sp³-hybridized carbons (Fsp3) is 0.222. The van der Waals surface area contributed by atoms with Gasteiger partial charge in [-0.3, -0.25) is 14.9 Å². The van der Waals surface area contributed by atoms with Crippen molar-refractivity contribution in [2.45, 2.75) is 6.42 Å². The molecule has 0 spiro atoms. The Kier molecular flexibility index (Phi) is 3.68. The van der Waals surface area contributed by atoms with E-state index in [1.165, 1.54) is 13.2 Å². The number of nitro benzene ring substituents is 1. The van der Waals surface area contributed by atoms with Gasteiger partial charge in [-0.1, -0.05) is 11.6 Å². The van der Waals surface area contributed by atoms with Crippen LogP contribution in [0.2, 0.25) is 5.02 Å². The van der Waals surface area contributed by atoms with Crippen molar-refractivity contribution in [3.8, 4) is 5.75 Å². The van der Waals surface area contributed by atoms with E-state index < -0.39 is 17.3 Å². The summed E-state index contributed by atoms with van der Waals surface area (Å²) in [5.74, 6) is -1.16. The number of halogens is 1. The van der Waals surface area contributed by atoms with Gasteiger partial charge in [0.2, 0.25) is 0 Å². The molecule has 0 saturated heterocycles. The van der Waals surface area contributed by atoms with Crippen LogP contribution in [0.5, 0.6) is 5.75 Å². The first-order valence-corrected chi connectivity index (χ1v) is 4.56. The molecular formula is C9H8ClNO5. The van der Waals surface area contributed by atoms with Crippen molar-refractivity contribution in [1.29, 1.82) is 0 Å². The minimum absolute atomic E-state index is 0.0262. The Balaban J connectivity index is 3.40.